The molecular formula is C18H23N3O3. The van der Waals surface area contributed by atoms with Crippen LogP contribution in [-0.4, -0.2) is 54.2 Å². The van der Waals surface area contributed by atoms with Gasteiger partial charge in [0.25, 0.3) is 5.91 Å². The van der Waals surface area contributed by atoms with Gasteiger partial charge in [-0.05, 0) is 30.9 Å². The lowest BCUT2D eigenvalue weighted by Gasteiger charge is -2.33. The van der Waals surface area contributed by atoms with Gasteiger partial charge in [-0.25, -0.2) is 5.01 Å². The van der Waals surface area contributed by atoms with E-state index >= 15 is 0 Å². The van der Waals surface area contributed by atoms with Crippen LogP contribution < -0.4 is 4.74 Å². The molecule has 0 bridgehead atoms. The zero-order valence-corrected chi connectivity index (χ0v) is 14.0. The largest absolute Gasteiger partial charge is 0.493 e. The van der Waals surface area contributed by atoms with Gasteiger partial charge in [-0.2, -0.15) is 5.10 Å². The molecule has 24 heavy (non-hydrogen) atoms. The fraction of sp³-hybridized carbons (Fsp3) is 0.500. The third kappa shape index (κ3) is 3.93. The second-order valence-corrected chi connectivity index (χ2v) is 6.32. The molecule has 0 spiro atoms. The van der Waals surface area contributed by atoms with Crippen LogP contribution in [0.3, 0.4) is 0 Å². The van der Waals surface area contributed by atoms with Gasteiger partial charge in [-0.3, -0.25) is 9.59 Å². The Bertz CT molecular complexity index is 622. The molecule has 2 aliphatic heterocycles. The number of nitrogens with zero attached hydrogens (tertiary/aromatic N) is 3. The van der Waals surface area contributed by atoms with Gasteiger partial charge in [0.15, 0.2) is 0 Å². The molecule has 0 aromatic heterocycles. The van der Waals surface area contributed by atoms with Crippen LogP contribution in [0, 0.1) is 5.92 Å². The first kappa shape index (κ1) is 16.5. The molecule has 0 atom stereocenters. The Kier molecular flexibility index (Phi) is 5.13. The Morgan fingerprint density at radius 1 is 1.21 bits per heavy atom. The van der Waals surface area contributed by atoms with Gasteiger partial charge < -0.3 is 9.64 Å². The SMILES string of the molecule is CN1N=C(C(=O)N2CCC(COc3ccccc3)CC2)CCC1=O. The van der Waals surface area contributed by atoms with Crippen molar-refractivity contribution in [2.45, 2.75) is 25.7 Å². The highest BCUT2D eigenvalue weighted by Crippen LogP contribution is 2.20. The number of hydrazone groups is 1. The summed E-state index contributed by atoms with van der Waals surface area (Å²) in [6, 6.07) is 9.80. The lowest BCUT2D eigenvalue weighted by atomic mass is 9.97. The zero-order valence-electron chi connectivity index (χ0n) is 14.0. The molecular weight excluding hydrogens is 306 g/mol. The number of benzene rings is 1. The summed E-state index contributed by atoms with van der Waals surface area (Å²) in [6.45, 7) is 2.13. The van der Waals surface area contributed by atoms with Crippen LogP contribution in [0.5, 0.6) is 5.75 Å². The van der Waals surface area contributed by atoms with Gasteiger partial charge >= 0.3 is 0 Å². The van der Waals surface area contributed by atoms with E-state index in [9.17, 15) is 9.59 Å². The summed E-state index contributed by atoms with van der Waals surface area (Å²) < 4.78 is 5.81. The number of carbonyl (C=O) groups is 2. The third-order valence-corrected chi connectivity index (χ3v) is 4.58. The summed E-state index contributed by atoms with van der Waals surface area (Å²) in [5.41, 5.74) is 0.496. The molecule has 1 saturated heterocycles. The van der Waals surface area contributed by atoms with E-state index in [-0.39, 0.29) is 11.8 Å². The molecule has 6 heteroatoms. The summed E-state index contributed by atoms with van der Waals surface area (Å²) in [5, 5.41) is 5.39. The minimum absolute atomic E-state index is 0.0308. The number of rotatable bonds is 4. The molecule has 0 radical (unpaired) electrons. The number of hydrogen-bond donors (Lipinski definition) is 0. The van der Waals surface area contributed by atoms with E-state index < -0.39 is 0 Å². The van der Waals surface area contributed by atoms with Crippen LogP contribution in [-0.2, 0) is 9.59 Å². The molecule has 1 fully saturated rings. The van der Waals surface area contributed by atoms with E-state index in [0.717, 1.165) is 31.7 Å². The second kappa shape index (κ2) is 7.47. The van der Waals surface area contributed by atoms with Crippen molar-refractivity contribution in [3.05, 3.63) is 30.3 Å². The predicted octanol–water partition coefficient (Wildman–Crippen LogP) is 1.91. The van der Waals surface area contributed by atoms with E-state index in [4.69, 9.17) is 4.74 Å². The first-order chi connectivity index (χ1) is 11.6. The molecule has 0 N–H and O–H groups in total. The quantitative estimate of drug-likeness (QED) is 0.848. The number of hydrogen-bond acceptors (Lipinski definition) is 4. The highest BCUT2D eigenvalue weighted by atomic mass is 16.5. The smallest absolute Gasteiger partial charge is 0.270 e. The van der Waals surface area contributed by atoms with Crippen molar-refractivity contribution in [2.24, 2.45) is 11.0 Å². The molecule has 1 aromatic carbocycles. The van der Waals surface area contributed by atoms with Gasteiger partial charge in [0, 0.05) is 33.0 Å². The van der Waals surface area contributed by atoms with E-state index in [1.165, 1.54) is 5.01 Å². The molecule has 2 amide bonds. The van der Waals surface area contributed by atoms with Crippen LogP contribution >= 0.6 is 0 Å². The molecule has 0 unspecified atom stereocenters. The Balaban J connectivity index is 1.47. The van der Waals surface area contributed by atoms with Crippen molar-refractivity contribution < 1.29 is 14.3 Å². The van der Waals surface area contributed by atoms with Crippen molar-refractivity contribution in [3.63, 3.8) is 0 Å². The number of piperidine rings is 1. The number of likely N-dealkylation sites (tertiary alicyclic amines) is 1. The van der Waals surface area contributed by atoms with Crippen LogP contribution in [0.4, 0.5) is 0 Å². The molecule has 2 heterocycles. The topological polar surface area (TPSA) is 62.2 Å². The molecule has 0 aliphatic carbocycles. The fourth-order valence-electron chi connectivity index (χ4n) is 3.04. The number of amides is 2. The highest BCUT2D eigenvalue weighted by Gasteiger charge is 2.29. The lowest BCUT2D eigenvalue weighted by molar-refractivity contribution is -0.131. The highest BCUT2D eigenvalue weighted by molar-refractivity contribution is 6.39. The van der Waals surface area contributed by atoms with E-state index in [1.807, 2.05) is 35.2 Å². The average molecular weight is 329 g/mol. The van der Waals surface area contributed by atoms with Gasteiger partial charge in [0.2, 0.25) is 5.91 Å². The van der Waals surface area contributed by atoms with Crippen LogP contribution in [0.2, 0.25) is 0 Å². The molecule has 128 valence electrons. The average Bonchev–Trinajstić information content (AvgIpc) is 2.63. The standard InChI is InChI=1S/C18H23N3O3/c1-20-17(22)8-7-16(19-20)18(23)21-11-9-14(10-12-21)13-24-15-5-3-2-4-6-15/h2-6,14H,7-13H2,1H3. The Morgan fingerprint density at radius 3 is 2.58 bits per heavy atom. The van der Waals surface area contributed by atoms with E-state index in [1.54, 1.807) is 7.05 Å². The third-order valence-electron chi connectivity index (χ3n) is 4.58. The molecule has 6 nitrogen and oxygen atoms in total. The molecule has 0 saturated carbocycles. The number of carbonyl (C=O) groups excluding carboxylic acids is 2. The number of para-hydroxylation sites is 1. The molecule has 3 rings (SSSR count). The van der Waals surface area contributed by atoms with Gasteiger partial charge in [-0.1, -0.05) is 18.2 Å². The molecule has 1 aromatic rings. The first-order valence-electron chi connectivity index (χ1n) is 8.44. The fourth-order valence-corrected chi connectivity index (χ4v) is 3.04. The van der Waals surface area contributed by atoms with E-state index in [2.05, 4.69) is 5.10 Å². The van der Waals surface area contributed by atoms with Crippen molar-refractivity contribution in [2.75, 3.05) is 26.7 Å². The van der Waals surface area contributed by atoms with Crippen molar-refractivity contribution >= 4 is 17.5 Å². The Hall–Kier alpha value is -2.37. The lowest BCUT2D eigenvalue weighted by Crippen LogP contribution is -2.45. The molecule has 2 aliphatic rings. The maximum Gasteiger partial charge on any atom is 0.270 e. The van der Waals surface area contributed by atoms with Crippen LogP contribution in [0.1, 0.15) is 25.7 Å². The van der Waals surface area contributed by atoms with Crippen molar-refractivity contribution in [1.29, 1.82) is 0 Å². The number of ether oxygens (including phenoxy) is 1. The van der Waals surface area contributed by atoms with Crippen LogP contribution in [0.15, 0.2) is 35.4 Å². The van der Waals surface area contributed by atoms with Crippen molar-refractivity contribution in [3.8, 4) is 5.75 Å². The van der Waals surface area contributed by atoms with E-state index in [0.29, 0.717) is 31.1 Å². The van der Waals surface area contributed by atoms with Gasteiger partial charge in [0.05, 0.1) is 6.61 Å². The zero-order chi connectivity index (χ0) is 16.9. The Morgan fingerprint density at radius 2 is 1.92 bits per heavy atom. The van der Waals surface area contributed by atoms with Gasteiger partial charge in [-0.15, -0.1) is 0 Å². The van der Waals surface area contributed by atoms with Crippen molar-refractivity contribution in [1.82, 2.24) is 9.91 Å². The normalized spacial score (nSPS) is 19.2. The summed E-state index contributed by atoms with van der Waals surface area (Å²) >= 11 is 0. The minimum atomic E-state index is -0.0386. The van der Waals surface area contributed by atoms with Gasteiger partial charge in [0.1, 0.15) is 11.5 Å². The summed E-state index contributed by atoms with van der Waals surface area (Å²) in [4.78, 5) is 25.8. The Labute approximate surface area is 142 Å². The monoisotopic (exact) mass is 329 g/mol. The summed E-state index contributed by atoms with van der Waals surface area (Å²) in [5.74, 6) is 1.28. The minimum Gasteiger partial charge on any atom is -0.493 e. The first-order valence-corrected chi connectivity index (χ1v) is 8.44. The second-order valence-electron chi connectivity index (χ2n) is 6.32. The summed E-state index contributed by atoms with van der Waals surface area (Å²) in [7, 11) is 1.60. The maximum atomic E-state index is 12.5. The predicted molar refractivity (Wildman–Crippen MR) is 90.7 cm³/mol. The maximum absolute atomic E-state index is 12.5. The van der Waals surface area contributed by atoms with Crippen LogP contribution in [0.25, 0.3) is 0 Å². The summed E-state index contributed by atoms with van der Waals surface area (Å²) in [6.07, 6.45) is 2.67.